The van der Waals surface area contributed by atoms with Crippen LogP contribution < -0.4 is 0 Å². The van der Waals surface area contributed by atoms with Gasteiger partial charge in [-0.2, -0.15) is 0 Å². The maximum absolute atomic E-state index is 11.7. The van der Waals surface area contributed by atoms with Crippen molar-refractivity contribution in [1.29, 1.82) is 0 Å². The molecule has 2 unspecified atom stereocenters. The summed E-state index contributed by atoms with van der Waals surface area (Å²) in [6.45, 7) is 0. The number of alkyl halides is 2. The third-order valence-corrected chi connectivity index (χ3v) is 5.97. The van der Waals surface area contributed by atoms with Crippen molar-refractivity contribution >= 4 is 69.7 Å². The third kappa shape index (κ3) is 4.85. The first-order valence-corrected chi connectivity index (χ1v) is 8.11. The van der Waals surface area contributed by atoms with Gasteiger partial charge in [-0.15, -0.1) is 0 Å². The Balaban J connectivity index is 2.70. The summed E-state index contributed by atoms with van der Waals surface area (Å²) in [5, 5.41) is 0. The van der Waals surface area contributed by atoms with E-state index in [9.17, 15) is 4.79 Å². The highest BCUT2D eigenvalue weighted by atomic mass is 79.9. The van der Waals surface area contributed by atoms with Gasteiger partial charge in [0.15, 0.2) is 4.67 Å². The van der Waals surface area contributed by atoms with Crippen LogP contribution in [0.15, 0.2) is 40.0 Å². The maximum atomic E-state index is 11.7. The van der Waals surface area contributed by atoms with E-state index in [0.29, 0.717) is 4.67 Å². The number of carbonyl (C=O) groups excluding carboxylic acids is 1. The minimum Gasteiger partial charge on any atom is -0.417 e. The van der Waals surface area contributed by atoms with Crippen LogP contribution in [0.1, 0.15) is 10.4 Å². The Morgan fingerprint density at radius 1 is 1.24 bits per heavy atom. The molecule has 92 valence electrons. The molecule has 0 saturated carbocycles. The van der Waals surface area contributed by atoms with Gasteiger partial charge in [-0.3, -0.25) is 4.79 Å². The average molecular weight is 492 g/mol. The van der Waals surface area contributed by atoms with Crippen molar-refractivity contribution in [2.24, 2.45) is 0 Å². The standard InChI is InChI=1S/C11H8Br4O2/c12-6-8(13)17-11(16)10(15)9(14)7-4-2-1-3-5-7/h1-6,9-10H/b8-6-. The van der Waals surface area contributed by atoms with E-state index >= 15 is 0 Å². The topological polar surface area (TPSA) is 26.3 Å². The van der Waals surface area contributed by atoms with Crippen LogP contribution in [0.5, 0.6) is 0 Å². The van der Waals surface area contributed by atoms with Crippen molar-refractivity contribution in [3.05, 3.63) is 45.5 Å². The number of benzene rings is 1. The Bertz CT molecular complexity index is 405. The van der Waals surface area contributed by atoms with Gasteiger partial charge in [0.25, 0.3) is 0 Å². The second-order valence-electron chi connectivity index (χ2n) is 3.05. The first-order valence-electron chi connectivity index (χ1n) is 4.57. The van der Waals surface area contributed by atoms with Crippen molar-refractivity contribution in [3.63, 3.8) is 0 Å². The van der Waals surface area contributed by atoms with Crippen LogP contribution in [0.2, 0.25) is 0 Å². The van der Waals surface area contributed by atoms with Gasteiger partial charge >= 0.3 is 5.97 Å². The van der Waals surface area contributed by atoms with Crippen LogP contribution >= 0.6 is 63.7 Å². The molecule has 0 bridgehead atoms. The monoisotopic (exact) mass is 488 g/mol. The summed E-state index contributed by atoms with van der Waals surface area (Å²) < 4.78 is 5.35. The fourth-order valence-electron chi connectivity index (χ4n) is 1.10. The average Bonchev–Trinajstić information content (AvgIpc) is 2.37. The van der Waals surface area contributed by atoms with Crippen molar-refractivity contribution in [3.8, 4) is 0 Å². The number of carbonyl (C=O) groups is 1. The van der Waals surface area contributed by atoms with Gasteiger partial charge in [-0.25, -0.2) is 0 Å². The van der Waals surface area contributed by atoms with Crippen molar-refractivity contribution in [2.75, 3.05) is 0 Å². The molecule has 0 N–H and O–H groups in total. The summed E-state index contributed by atoms with van der Waals surface area (Å²) in [7, 11) is 0. The number of esters is 1. The van der Waals surface area contributed by atoms with E-state index in [1.54, 1.807) is 0 Å². The molecule has 1 aromatic carbocycles. The number of hydrogen-bond acceptors (Lipinski definition) is 2. The van der Waals surface area contributed by atoms with Gasteiger partial charge in [0.05, 0.1) is 4.83 Å². The maximum Gasteiger partial charge on any atom is 0.327 e. The Hall–Kier alpha value is 0.350. The normalized spacial score (nSPS) is 15.2. The van der Waals surface area contributed by atoms with E-state index < -0.39 is 4.83 Å². The molecule has 0 spiro atoms. The van der Waals surface area contributed by atoms with Gasteiger partial charge in [-0.1, -0.05) is 78.1 Å². The smallest absolute Gasteiger partial charge is 0.327 e. The van der Waals surface area contributed by atoms with Gasteiger partial charge in [0, 0.05) is 4.99 Å². The lowest BCUT2D eigenvalue weighted by Crippen LogP contribution is -2.20. The van der Waals surface area contributed by atoms with Gasteiger partial charge in [0.2, 0.25) is 0 Å². The summed E-state index contributed by atoms with van der Waals surface area (Å²) in [6.07, 6.45) is 0. The lowest BCUT2D eigenvalue weighted by Gasteiger charge is -2.15. The summed E-state index contributed by atoms with van der Waals surface area (Å²) in [5.74, 6) is -0.377. The largest absolute Gasteiger partial charge is 0.417 e. The summed E-state index contributed by atoms with van der Waals surface area (Å²) >= 11 is 12.9. The zero-order chi connectivity index (χ0) is 12.8. The molecular formula is C11H8Br4O2. The molecule has 0 heterocycles. The molecule has 0 fully saturated rings. The highest BCUT2D eigenvalue weighted by Gasteiger charge is 2.26. The SMILES string of the molecule is O=C(O/C(Br)=C\Br)C(Br)C(Br)c1ccccc1. The Morgan fingerprint density at radius 3 is 2.35 bits per heavy atom. The molecule has 17 heavy (non-hydrogen) atoms. The zero-order valence-corrected chi connectivity index (χ0v) is 14.8. The van der Waals surface area contributed by atoms with E-state index in [1.165, 1.54) is 4.99 Å². The molecular weight excluding hydrogens is 484 g/mol. The molecule has 1 rings (SSSR count). The van der Waals surface area contributed by atoms with Crippen molar-refractivity contribution in [1.82, 2.24) is 0 Å². The number of hydrogen-bond donors (Lipinski definition) is 0. The van der Waals surface area contributed by atoms with E-state index in [-0.39, 0.29) is 10.8 Å². The predicted octanol–water partition coefficient (Wildman–Crippen LogP) is 5.02. The first-order chi connectivity index (χ1) is 8.06. The molecule has 0 aliphatic rings. The Labute approximate surface area is 133 Å². The van der Waals surface area contributed by atoms with Crippen LogP contribution in [-0.4, -0.2) is 10.8 Å². The minimum absolute atomic E-state index is 0.146. The number of ether oxygens (including phenoxy) is 1. The molecule has 0 aliphatic heterocycles. The molecule has 1 aromatic rings. The van der Waals surface area contributed by atoms with E-state index in [2.05, 4.69) is 63.7 Å². The Morgan fingerprint density at radius 2 is 1.82 bits per heavy atom. The van der Waals surface area contributed by atoms with Crippen molar-refractivity contribution in [2.45, 2.75) is 9.65 Å². The Kier molecular flexibility index (Phi) is 6.99. The summed E-state index contributed by atoms with van der Waals surface area (Å²) in [5.41, 5.74) is 1.00. The zero-order valence-electron chi connectivity index (χ0n) is 8.45. The van der Waals surface area contributed by atoms with Gasteiger partial charge < -0.3 is 4.74 Å². The quantitative estimate of drug-likeness (QED) is 0.336. The number of rotatable bonds is 4. The van der Waals surface area contributed by atoms with E-state index in [1.807, 2.05) is 30.3 Å². The fraction of sp³-hybridized carbons (Fsp3) is 0.182. The summed E-state index contributed by atoms with van der Waals surface area (Å²) in [6, 6.07) is 9.65. The lowest BCUT2D eigenvalue weighted by atomic mass is 10.1. The van der Waals surface area contributed by atoms with Crippen LogP contribution in [0.25, 0.3) is 0 Å². The van der Waals surface area contributed by atoms with E-state index in [0.717, 1.165) is 5.56 Å². The molecule has 0 amide bonds. The summed E-state index contributed by atoms with van der Waals surface area (Å²) in [4.78, 5) is 12.6. The van der Waals surface area contributed by atoms with Crippen LogP contribution in [0, 0.1) is 0 Å². The molecule has 0 radical (unpaired) electrons. The highest BCUT2D eigenvalue weighted by Crippen LogP contribution is 2.32. The molecule has 2 nitrogen and oxygen atoms in total. The predicted molar refractivity (Wildman–Crippen MR) is 82.9 cm³/mol. The van der Waals surface area contributed by atoms with E-state index in [4.69, 9.17) is 4.74 Å². The molecule has 0 aromatic heterocycles. The minimum atomic E-state index is -0.468. The highest BCUT2D eigenvalue weighted by molar-refractivity contribution is 9.14. The van der Waals surface area contributed by atoms with Crippen LogP contribution in [0.3, 0.4) is 0 Å². The molecule has 6 heteroatoms. The second-order valence-corrected chi connectivity index (χ2v) is 6.26. The van der Waals surface area contributed by atoms with Gasteiger partial charge in [-0.05, 0) is 21.5 Å². The first kappa shape index (κ1) is 15.4. The fourth-order valence-corrected chi connectivity index (χ4v) is 2.27. The molecule has 2 atom stereocenters. The lowest BCUT2D eigenvalue weighted by molar-refractivity contribution is -0.137. The van der Waals surface area contributed by atoms with Crippen LogP contribution in [0.4, 0.5) is 0 Å². The van der Waals surface area contributed by atoms with Gasteiger partial charge in [0.1, 0.15) is 4.83 Å². The van der Waals surface area contributed by atoms with Crippen molar-refractivity contribution < 1.29 is 9.53 Å². The van der Waals surface area contributed by atoms with Crippen LogP contribution in [-0.2, 0) is 9.53 Å². The molecule has 0 saturated heterocycles. The third-order valence-electron chi connectivity index (χ3n) is 1.88. The number of halogens is 4. The second kappa shape index (κ2) is 7.71. The molecule has 0 aliphatic carbocycles.